The molecule has 0 aliphatic heterocycles. The van der Waals surface area contributed by atoms with Crippen molar-refractivity contribution in [3.63, 3.8) is 0 Å². The molecule has 2 heterocycles. The van der Waals surface area contributed by atoms with E-state index in [0.717, 1.165) is 11.4 Å². The molecule has 0 unspecified atom stereocenters. The summed E-state index contributed by atoms with van der Waals surface area (Å²) in [6, 6.07) is 9.82. The van der Waals surface area contributed by atoms with Gasteiger partial charge in [-0.15, -0.1) is 5.10 Å². The van der Waals surface area contributed by atoms with Crippen LogP contribution >= 0.6 is 11.8 Å². The molecule has 0 fully saturated rings. The SMILES string of the molecule is Cn1cc(C(=O)NCCSc2n[nH]c(-c3ccccc3)n2)cn1. The summed E-state index contributed by atoms with van der Waals surface area (Å²) < 4.78 is 1.60. The first-order valence-electron chi connectivity index (χ1n) is 7.10. The van der Waals surface area contributed by atoms with Crippen molar-refractivity contribution < 1.29 is 4.79 Å². The molecule has 0 saturated carbocycles. The van der Waals surface area contributed by atoms with E-state index < -0.39 is 0 Å². The molecule has 0 atom stereocenters. The van der Waals surface area contributed by atoms with Gasteiger partial charge < -0.3 is 5.32 Å². The van der Waals surface area contributed by atoms with Crippen LogP contribution in [0.25, 0.3) is 11.4 Å². The Labute approximate surface area is 137 Å². The van der Waals surface area contributed by atoms with E-state index in [1.807, 2.05) is 30.3 Å². The van der Waals surface area contributed by atoms with E-state index in [9.17, 15) is 4.79 Å². The maximum atomic E-state index is 11.8. The molecule has 1 amide bonds. The fourth-order valence-electron chi connectivity index (χ4n) is 1.98. The molecule has 0 bridgehead atoms. The number of nitrogens with one attached hydrogen (secondary N) is 2. The van der Waals surface area contributed by atoms with Crippen LogP contribution in [0.4, 0.5) is 0 Å². The minimum Gasteiger partial charge on any atom is -0.351 e. The standard InChI is InChI=1S/C15H16N6OS/c1-21-10-12(9-17-21)14(22)16-7-8-23-15-18-13(19-20-15)11-5-3-2-4-6-11/h2-6,9-10H,7-8H2,1H3,(H,16,22)(H,18,19,20). The Morgan fingerprint density at radius 2 is 2.17 bits per heavy atom. The summed E-state index contributed by atoms with van der Waals surface area (Å²) in [6.07, 6.45) is 3.23. The van der Waals surface area contributed by atoms with Gasteiger partial charge in [-0.2, -0.15) is 5.10 Å². The van der Waals surface area contributed by atoms with Gasteiger partial charge in [0.2, 0.25) is 5.16 Å². The zero-order valence-corrected chi connectivity index (χ0v) is 13.4. The van der Waals surface area contributed by atoms with E-state index in [1.54, 1.807) is 24.1 Å². The van der Waals surface area contributed by atoms with Crippen molar-refractivity contribution in [3.05, 3.63) is 48.3 Å². The monoisotopic (exact) mass is 328 g/mol. The van der Waals surface area contributed by atoms with Crippen molar-refractivity contribution in [2.75, 3.05) is 12.3 Å². The zero-order valence-electron chi connectivity index (χ0n) is 12.6. The molecule has 0 radical (unpaired) electrons. The number of aromatic amines is 1. The number of nitrogens with zero attached hydrogens (tertiary/aromatic N) is 4. The molecule has 0 aliphatic carbocycles. The number of hydrogen-bond acceptors (Lipinski definition) is 5. The summed E-state index contributed by atoms with van der Waals surface area (Å²) in [5.74, 6) is 1.31. The second-order valence-corrected chi connectivity index (χ2v) is 5.90. The van der Waals surface area contributed by atoms with Crippen molar-refractivity contribution in [1.29, 1.82) is 0 Å². The summed E-state index contributed by atoms with van der Waals surface area (Å²) in [5.41, 5.74) is 1.55. The molecule has 0 saturated heterocycles. The third-order valence-electron chi connectivity index (χ3n) is 3.10. The highest BCUT2D eigenvalue weighted by atomic mass is 32.2. The minimum absolute atomic E-state index is 0.126. The van der Waals surface area contributed by atoms with Crippen molar-refractivity contribution in [3.8, 4) is 11.4 Å². The predicted octanol–water partition coefficient (Wildman–Crippen LogP) is 1.73. The number of benzene rings is 1. The van der Waals surface area contributed by atoms with E-state index in [-0.39, 0.29) is 5.91 Å². The highest BCUT2D eigenvalue weighted by Gasteiger charge is 2.08. The quantitative estimate of drug-likeness (QED) is 0.531. The maximum Gasteiger partial charge on any atom is 0.254 e. The summed E-state index contributed by atoms with van der Waals surface area (Å²) in [6.45, 7) is 0.535. The first-order valence-corrected chi connectivity index (χ1v) is 8.08. The third-order valence-corrected chi connectivity index (χ3v) is 3.95. The number of amides is 1. The summed E-state index contributed by atoms with van der Waals surface area (Å²) in [4.78, 5) is 16.3. The van der Waals surface area contributed by atoms with Crippen molar-refractivity contribution in [1.82, 2.24) is 30.3 Å². The molecular weight excluding hydrogens is 312 g/mol. The first kappa shape index (κ1) is 15.3. The van der Waals surface area contributed by atoms with Gasteiger partial charge in [0.15, 0.2) is 5.82 Å². The van der Waals surface area contributed by atoms with Gasteiger partial charge >= 0.3 is 0 Å². The average Bonchev–Trinajstić information content (AvgIpc) is 3.21. The molecule has 0 spiro atoms. The van der Waals surface area contributed by atoms with Crippen LogP contribution in [0.1, 0.15) is 10.4 Å². The molecule has 118 valence electrons. The Hall–Kier alpha value is -2.61. The number of carbonyl (C=O) groups excluding carboxylic acids is 1. The van der Waals surface area contributed by atoms with E-state index in [4.69, 9.17) is 0 Å². The van der Waals surface area contributed by atoms with Gasteiger partial charge in [0.05, 0.1) is 11.8 Å². The Bertz CT molecular complexity index is 782. The van der Waals surface area contributed by atoms with E-state index in [2.05, 4.69) is 25.6 Å². The van der Waals surface area contributed by atoms with E-state index in [0.29, 0.717) is 23.0 Å². The van der Waals surface area contributed by atoms with Gasteiger partial charge in [-0.25, -0.2) is 4.98 Å². The third kappa shape index (κ3) is 3.98. The van der Waals surface area contributed by atoms with Crippen LogP contribution in [0.5, 0.6) is 0 Å². The summed E-state index contributed by atoms with van der Waals surface area (Å²) >= 11 is 1.49. The Morgan fingerprint density at radius 1 is 1.35 bits per heavy atom. The molecule has 2 N–H and O–H groups in total. The lowest BCUT2D eigenvalue weighted by molar-refractivity contribution is 0.0956. The Kier molecular flexibility index (Phi) is 4.72. The molecule has 0 aliphatic rings. The number of thioether (sulfide) groups is 1. The number of aryl methyl sites for hydroxylation is 1. The molecule has 1 aromatic carbocycles. The van der Waals surface area contributed by atoms with Crippen LogP contribution in [0.2, 0.25) is 0 Å². The van der Waals surface area contributed by atoms with Crippen LogP contribution in [0.15, 0.2) is 47.9 Å². The first-order chi connectivity index (χ1) is 11.2. The molecule has 7 nitrogen and oxygen atoms in total. The molecule has 3 rings (SSSR count). The highest BCUT2D eigenvalue weighted by molar-refractivity contribution is 7.99. The van der Waals surface area contributed by atoms with Crippen LogP contribution < -0.4 is 5.32 Å². The maximum absolute atomic E-state index is 11.8. The Balaban J connectivity index is 1.46. The fourth-order valence-corrected chi connectivity index (χ4v) is 2.64. The van der Waals surface area contributed by atoms with E-state index in [1.165, 1.54) is 11.8 Å². The minimum atomic E-state index is -0.126. The fraction of sp³-hybridized carbons (Fsp3) is 0.200. The zero-order chi connectivity index (χ0) is 16.1. The van der Waals surface area contributed by atoms with E-state index >= 15 is 0 Å². The molecule has 3 aromatic rings. The number of aromatic nitrogens is 5. The van der Waals surface area contributed by atoms with Crippen molar-refractivity contribution >= 4 is 17.7 Å². The smallest absolute Gasteiger partial charge is 0.254 e. The summed E-state index contributed by atoms with van der Waals surface area (Å²) in [7, 11) is 1.78. The van der Waals surface area contributed by atoms with Crippen molar-refractivity contribution in [2.45, 2.75) is 5.16 Å². The van der Waals surface area contributed by atoms with Gasteiger partial charge in [0.1, 0.15) is 0 Å². The molecular formula is C15H16N6OS. The van der Waals surface area contributed by atoms with Gasteiger partial charge in [-0.3, -0.25) is 14.6 Å². The second-order valence-electron chi connectivity index (χ2n) is 4.84. The lowest BCUT2D eigenvalue weighted by Gasteiger charge is -2.01. The average molecular weight is 328 g/mol. The van der Waals surface area contributed by atoms with Crippen molar-refractivity contribution in [2.24, 2.45) is 7.05 Å². The second kappa shape index (κ2) is 7.10. The number of carbonyl (C=O) groups is 1. The lowest BCUT2D eigenvalue weighted by atomic mass is 10.2. The molecule has 2 aromatic heterocycles. The van der Waals surface area contributed by atoms with Gasteiger partial charge in [-0.1, -0.05) is 42.1 Å². The topological polar surface area (TPSA) is 88.5 Å². The molecule has 8 heteroatoms. The summed E-state index contributed by atoms with van der Waals surface area (Å²) in [5, 5.41) is 14.6. The van der Waals surface area contributed by atoms with Gasteiger partial charge in [0.25, 0.3) is 5.91 Å². The van der Waals surface area contributed by atoms with Crippen LogP contribution in [0, 0.1) is 0 Å². The van der Waals surface area contributed by atoms with Gasteiger partial charge in [0, 0.05) is 31.1 Å². The van der Waals surface area contributed by atoms with Crippen LogP contribution in [0.3, 0.4) is 0 Å². The van der Waals surface area contributed by atoms with Gasteiger partial charge in [-0.05, 0) is 0 Å². The number of H-pyrrole nitrogens is 1. The normalized spacial score (nSPS) is 10.7. The number of rotatable bonds is 6. The highest BCUT2D eigenvalue weighted by Crippen LogP contribution is 2.18. The van der Waals surface area contributed by atoms with Crippen LogP contribution in [-0.4, -0.2) is 43.2 Å². The largest absolute Gasteiger partial charge is 0.351 e. The Morgan fingerprint density at radius 3 is 2.91 bits per heavy atom. The van der Waals surface area contributed by atoms with Crippen LogP contribution in [-0.2, 0) is 7.05 Å². The molecule has 23 heavy (non-hydrogen) atoms. The number of hydrogen-bond donors (Lipinski definition) is 2. The predicted molar refractivity (Wildman–Crippen MR) is 88.1 cm³/mol. The lowest BCUT2D eigenvalue weighted by Crippen LogP contribution is -2.25.